The van der Waals surface area contributed by atoms with Crippen molar-refractivity contribution in [1.29, 1.82) is 0 Å². The Bertz CT molecular complexity index is 969. The fourth-order valence-electron chi connectivity index (χ4n) is 3.31. The molecule has 5 nitrogen and oxygen atoms in total. The lowest BCUT2D eigenvalue weighted by Gasteiger charge is -2.31. The molecule has 2 heterocycles. The predicted octanol–water partition coefficient (Wildman–Crippen LogP) is 3.85. The van der Waals surface area contributed by atoms with E-state index in [1.807, 2.05) is 25.1 Å². The lowest BCUT2D eigenvalue weighted by Crippen LogP contribution is -2.33. The SMILES string of the molecule is Cc1cc(NCC(C)(c2ccccc2)c2ccccc2)n2ncnc2n1. The summed E-state index contributed by atoms with van der Waals surface area (Å²) in [6, 6.07) is 23.2. The standard InChI is InChI=1S/C21H21N5/c1-16-13-19(26-20(25-16)23-15-24-26)22-14-21(2,17-9-5-3-6-10-17)18-11-7-4-8-12-18/h3-13,15,22H,14H2,1-2H3. The van der Waals surface area contributed by atoms with Gasteiger partial charge in [0.2, 0.25) is 0 Å². The van der Waals surface area contributed by atoms with Crippen LogP contribution >= 0.6 is 0 Å². The summed E-state index contributed by atoms with van der Waals surface area (Å²) in [7, 11) is 0. The molecule has 130 valence electrons. The van der Waals surface area contributed by atoms with E-state index in [0.29, 0.717) is 5.78 Å². The summed E-state index contributed by atoms with van der Waals surface area (Å²) in [6.45, 7) is 4.95. The van der Waals surface area contributed by atoms with Crippen LogP contribution in [0, 0.1) is 6.92 Å². The number of benzene rings is 2. The Morgan fingerprint density at radius 3 is 2.19 bits per heavy atom. The molecule has 0 bridgehead atoms. The van der Waals surface area contributed by atoms with Crippen molar-refractivity contribution in [3.8, 4) is 0 Å². The number of rotatable bonds is 5. The van der Waals surface area contributed by atoms with Crippen LogP contribution in [-0.2, 0) is 5.41 Å². The van der Waals surface area contributed by atoms with Gasteiger partial charge in [-0.25, -0.2) is 4.98 Å². The van der Waals surface area contributed by atoms with E-state index < -0.39 is 0 Å². The molecule has 0 aliphatic heterocycles. The van der Waals surface area contributed by atoms with Gasteiger partial charge in [-0.15, -0.1) is 0 Å². The first-order chi connectivity index (χ1) is 12.7. The fraction of sp³-hybridized carbons (Fsp3) is 0.190. The van der Waals surface area contributed by atoms with E-state index in [1.54, 1.807) is 4.52 Å². The molecule has 0 saturated carbocycles. The van der Waals surface area contributed by atoms with Crippen molar-refractivity contribution in [2.45, 2.75) is 19.3 Å². The number of aryl methyl sites for hydroxylation is 1. The molecule has 0 spiro atoms. The van der Waals surface area contributed by atoms with E-state index in [-0.39, 0.29) is 5.41 Å². The zero-order chi connectivity index (χ0) is 18.0. The lowest BCUT2D eigenvalue weighted by molar-refractivity contribution is 0.601. The number of aromatic nitrogens is 4. The van der Waals surface area contributed by atoms with Crippen molar-refractivity contribution in [2.75, 3.05) is 11.9 Å². The molecular weight excluding hydrogens is 322 g/mol. The highest BCUT2D eigenvalue weighted by Gasteiger charge is 2.29. The van der Waals surface area contributed by atoms with Gasteiger partial charge in [0.25, 0.3) is 5.78 Å². The minimum atomic E-state index is -0.188. The average Bonchev–Trinajstić information content (AvgIpc) is 3.15. The summed E-state index contributed by atoms with van der Waals surface area (Å²) < 4.78 is 1.74. The van der Waals surface area contributed by atoms with Crippen LogP contribution in [0.2, 0.25) is 0 Å². The minimum absolute atomic E-state index is 0.188. The highest BCUT2D eigenvalue weighted by atomic mass is 15.3. The largest absolute Gasteiger partial charge is 0.369 e. The Morgan fingerprint density at radius 1 is 0.962 bits per heavy atom. The van der Waals surface area contributed by atoms with Crippen LogP contribution in [-0.4, -0.2) is 26.1 Å². The maximum Gasteiger partial charge on any atom is 0.254 e. The topological polar surface area (TPSA) is 55.1 Å². The highest BCUT2D eigenvalue weighted by molar-refractivity contribution is 5.47. The molecule has 4 aromatic rings. The molecule has 0 aliphatic rings. The van der Waals surface area contributed by atoms with Crippen molar-refractivity contribution in [3.05, 3.63) is 89.9 Å². The van der Waals surface area contributed by atoms with E-state index in [1.165, 1.54) is 17.5 Å². The quantitative estimate of drug-likeness (QED) is 0.598. The van der Waals surface area contributed by atoms with Crippen molar-refractivity contribution in [2.24, 2.45) is 0 Å². The maximum atomic E-state index is 4.41. The highest BCUT2D eigenvalue weighted by Crippen LogP contribution is 2.32. The van der Waals surface area contributed by atoms with Crippen molar-refractivity contribution >= 4 is 11.6 Å². The summed E-state index contributed by atoms with van der Waals surface area (Å²) in [5.74, 6) is 1.50. The van der Waals surface area contributed by atoms with Gasteiger partial charge in [0.1, 0.15) is 12.1 Å². The molecule has 0 unspecified atom stereocenters. The van der Waals surface area contributed by atoms with E-state index in [9.17, 15) is 0 Å². The molecule has 0 aliphatic carbocycles. The van der Waals surface area contributed by atoms with Gasteiger partial charge in [0.15, 0.2) is 0 Å². The van der Waals surface area contributed by atoms with Crippen molar-refractivity contribution in [3.63, 3.8) is 0 Å². The second-order valence-electron chi connectivity index (χ2n) is 6.67. The number of fused-ring (bicyclic) bond motifs is 1. The van der Waals surface area contributed by atoms with Gasteiger partial charge in [-0.05, 0) is 25.0 Å². The molecule has 0 amide bonds. The summed E-state index contributed by atoms with van der Waals surface area (Å²) >= 11 is 0. The van der Waals surface area contributed by atoms with Gasteiger partial charge in [0.05, 0.1) is 0 Å². The van der Waals surface area contributed by atoms with Gasteiger partial charge >= 0.3 is 0 Å². The van der Waals surface area contributed by atoms with E-state index in [2.05, 4.69) is 75.8 Å². The normalized spacial score (nSPS) is 11.6. The molecule has 1 N–H and O–H groups in total. The number of hydrogen-bond acceptors (Lipinski definition) is 4. The van der Waals surface area contributed by atoms with Gasteiger partial charge in [-0.1, -0.05) is 60.7 Å². The maximum absolute atomic E-state index is 4.41. The van der Waals surface area contributed by atoms with Crippen LogP contribution in [0.25, 0.3) is 5.78 Å². The van der Waals surface area contributed by atoms with E-state index in [4.69, 9.17) is 0 Å². The first kappa shape index (κ1) is 16.3. The Morgan fingerprint density at radius 2 is 1.58 bits per heavy atom. The Labute approximate surface area is 152 Å². The van der Waals surface area contributed by atoms with Crippen LogP contribution in [0.4, 0.5) is 5.82 Å². The third-order valence-electron chi connectivity index (χ3n) is 4.82. The Kier molecular flexibility index (Phi) is 4.13. The molecule has 0 saturated heterocycles. The number of nitrogens with zero attached hydrogens (tertiary/aromatic N) is 4. The molecule has 4 rings (SSSR count). The zero-order valence-electron chi connectivity index (χ0n) is 14.9. The molecular formula is C21H21N5. The van der Waals surface area contributed by atoms with Gasteiger partial charge in [-0.2, -0.15) is 14.6 Å². The monoisotopic (exact) mass is 343 g/mol. The Balaban J connectivity index is 1.73. The van der Waals surface area contributed by atoms with Crippen LogP contribution in [0.3, 0.4) is 0 Å². The van der Waals surface area contributed by atoms with E-state index in [0.717, 1.165) is 18.1 Å². The predicted molar refractivity (Wildman–Crippen MR) is 103 cm³/mol. The molecule has 26 heavy (non-hydrogen) atoms. The fourth-order valence-corrected chi connectivity index (χ4v) is 3.31. The molecule has 2 aromatic carbocycles. The van der Waals surface area contributed by atoms with Crippen molar-refractivity contribution < 1.29 is 0 Å². The molecule has 0 fully saturated rings. The minimum Gasteiger partial charge on any atom is -0.369 e. The molecule has 5 heteroatoms. The van der Waals surface area contributed by atoms with Gasteiger partial charge in [-0.3, -0.25) is 0 Å². The Hall–Kier alpha value is -3.21. The smallest absolute Gasteiger partial charge is 0.254 e. The zero-order valence-corrected chi connectivity index (χ0v) is 14.9. The first-order valence-corrected chi connectivity index (χ1v) is 8.69. The van der Waals surface area contributed by atoms with Crippen LogP contribution in [0.1, 0.15) is 23.7 Å². The molecule has 2 aromatic heterocycles. The first-order valence-electron chi connectivity index (χ1n) is 8.69. The lowest BCUT2D eigenvalue weighted by atomic mass is 9.76. The summed E-state index contributed by atoms with van der Waals surface area (Å²) in [6.07, 6.45) is 1.53. The van der Waals surface area contributed by atoms with Gasteiger partial charge < -0.3 is 5.32 Å². The molecule has 0 atom stereocenters. The second kappa shape index (κ2) is 6.59. The molecule has 0 radical (unpaired) electrons. The number of anilines is 1. The summed E-state index contributed by atoms with van der Waals surface area (Å²) in [5.41, 5.74) is 3.25. The van der Waals surface area contributed by atoms with Crippen LogP contribution in [0.5, 0.6) is 0 Å². The third-order valence-corrected chi connectivity index (χ3v) is 4.82. The van der Waals surface area contributed by atoms with Crippen LogP contribution < -0.4 is 5.32 Å². The summed E-state index contributed by atoms with van der Waals surface area (Å²) in [5, 5.41) is 7.86. The van der Waals surface area contributed by atoms with Crippen molar-refractivity contribution in [1.82, 2.24) is 19.6 Å². The van der Waals surface area contributed by atoms with E-state index >= 15 is 0 Å². The number of nitrogens with one attached hydrogen (secondary N) is 1. The average molecular weight is 343 g/mol. The summed E-state index contributed by atoms with van der Waals surface area (Å²) in [4.78, 5) is 8.61. The number of hydrogen-bond donors (Lipinski definition) is 1. The second-order valence-corrected chi connectivity index (χ2v) is 6.67. The van der Waals surface area contributed by atoms with Gasteiger partial charge in [0, 0.05) is 23.7 Å². The van der Waals surface area contributed by atoms with Crippen LogP contribution in [0.15, 0.2) is 73.1 Å². The third kappa shape index (κ3) is 2.92.